The quantitative estimate of drug-likeness (QED) is 0.189. The van der Waals surface area contributed by atoms with Crippen LogP contribution in [0.15, 0.2) is 62.5 Å². The number of hydrogen-bond acceptors (Lipinski definition) is 5. The van der Waals surface area contributed by atoms with Crippen LogP contribution in [0.5, 0.6) is 0 Å². The Morgan fingerprint density at radius 2 is 1.78 bits per heavy atom. The number of rotatable bonds is 5. The molecule has 1 unspecified atom stereocenters. The molecule has 0 bridgehead atoms. The van der Waals surface area contributed by atoms with Gasteiger partial charge in [0, 0.05) is 35.6 Å². The Bertz CT molecular complexity index is 1730. The van der Waals surface area contributed by atoms with Crippen molar-refractivity contribution in [2.45, 2.75) is 33.1 Å². The van der Waals surface area contributed by atoms with E-state index in [4.69, 9.17) is 4.42 Å². The van der Waals surface area contributed by atoms with Crippen LogP contribution in [0, 0.1) is 12.8 Å². The molecule has 6 rings (SSSR count). The van der Waals surface area contributed by atoms with Crippen molar-refractivity contribution in [1.29, 1.82) is 0 Å². The lowest BCUT2D eigenvalue weighted by Crippen LogP contribution is -2.35. The van der Waals surface area contributed by atoms with E-state index in [-0.39, 0.29) is 10.9 Å². The first kappa shape index (κ1) is 22.8. The van der Waals surface area contributed by atoms with Crippen molar-refractivity contribution in [2.24, 2.45) is 5.92 Å². The molecule has 2 heterocycles. The summed E-state index contributed by atoms with van der Waals surface area (Å²) in [6.45, 7) is 8.34. The number of fused-ring (bicyclic) bond motifs is 5. The first-order chi connectivity index (χ1) is 17.5. The van der Waals surface area contributed by atoms with E-state index in [9.17, 15) is 9.59 Å². The third-order valence-electron chi connectivity index (χ3n) is 7.57. The molecule has 5 aromatic rings. The second kappa shape index (κ2) is 9.10. The summed E-state index contributed by atoms with van der Waals surface area (Å²) in [6.07, 6.45) is 3.52. The molecule has 6 heteroatoms. The standard InChI is InChI=1S/C30H31N3O3/c1-18-8-6-14-33(17-18)15-7-13-31-22-16-24-28(32-27-19(2)9-5-12-23(27)36-24)26-25(22)29(34)20-10-3-4-11-21(20)30(26)35/h3-5,9-12,16,18,31-32H,6-8,13-15,17H2,1-2H3. The summed E-state index contributed by atoms with van der Waals surface area (Å²) in [4.78, 5) is 33.4. The molecule has 1 aromatic heterocycles. The zero-order valence-corrected chi connectivity index (χ0v) is 20.8. The number of aryl methyl sites for hydroxylation is 1. The monoisotopic (exact) mass is 481 g/mol. The van der Waals surface area contributed by atoms with Crippen LogP contribution in [0.1, 0.15) is 31.7 Å². The summed E-state index contributed by atoms with van der Waals surface area (Å²) in [5, 5.41) is 5.19. The number of nitrogens with zero attached hydrogens (tertiary/aromatic N) is 1. The highest BCUT2D eigenvalue weighted by Crippen LogP contribution is 2.31. The maximum atomic E-state index is 13.8. The first-order valence-corrected chi connectivity index (χ1v) is 12.9. The van der Waals surface area contributed by atoms with Gasteiger partial charge in [-0.15, -0.1) is 0 Å². The zero-order chi connectivity index (χ0) is 24.8. The number of H-pyrrole nitrogens is 1. The van der Waals surface area contributed by atoms with Gasteiger partial charge in [-0.05, 0) is 56.8 Å². The van der Waals surface area contributed by atoms with Gasteiger partial charge in [0.2, 0.25) is 0 Å². The Morgan fingerprint density at radius 1 is 1.00 bits per heavy atom. The number of piperidine rings is 1. The molecule has 2 N–H and O–H groups in total. The molecule has 1 aliphatic heterocycles. The van der Waals surface area contributed by atoms with Gasteiger partial charge in [-0.2, -0.15) is 0 Å². The number of benzene rings is 4. The van der Waals surface area contributed by atoms with Gasteiger partial charge in [0.25, 0.3) is 0 Å². The van der Waals surface area contributed by atoms with E-state index >= 15 is 0 Å². The highest BCUT2D eigenvalue weighted by atomic mass is 16.3. The van der Waals surface area contributed by atoms with Crippen molar-refractivity contribution in [2.75, 3.05) is 31.5 Å². The van der Waals surface area contributed by atoms with Gasteiger partial charge in [-0.25, -0.2) is 0 Å². The number of hydrogen-bond donors (Lipinski definition) is 2. The number of likely N-dealkylation sites (tertiary alicyclic amines) is 1. The second-order valence-corrected chi connectivity index (χ2v) is 10.3. The topological polar surface area (TPSA) is 78.3 Å². The predicted molar refractivity (Wildman–Crippen MR) is 148 cm³/mol. The third-order valence-corrected chi connectivity index (χ3v) is 7.57. The lowest BCUT2D eigenvalue weighted by Gasteiger charge is -2.30. The minimum atomic E-state index is -0.157. The minimum absolute atomic E-state index is 0.132. The second-order valence-electron chi connectivity index (χ2n) is 10.3. The molecule has 1 saturated heterocycles. The van der Waals surface area contributed by atoms with E-state index in [0.29, 0.717) is 50.5 Å². The zero-order valence-electron chi connectivity index (χ0n) is 20.8. The summed E-state index contributed by atoms with van der Waals surface area (Å²) in [5.74, 6) is 0.749. The van der Waals surface area contributed by atoms with Crippen LogP contribution in [0.3, 0.4) is 0 Å². The van der Waals surface area contributed by atoms with Gasteiger partial charge in [0.05, 0.1) is 21.8 Å². The molecular weight excluding hydrogens is 450 g/mol. The summed E-state index contributed by atoms with van der Waals surface area (Å²) in [7, 11) is 0. The van der Waals surface area contributed by atoms with Crippen molar-refractivity contribution >= 4 is 49.4 Å². The largest absolute Gasteiger partial charge is 0.453 e. The summed E-state index contributed by atoms with van der Waals surface area (Å²) in [5.41, 5.74) is 4.03. The average Bonchev–Trinajstić information content (AvgIpc) is 2.88. The van der Waals surface area contributed by atoms with E-state index < -0.39 is 0 Å². The smallest absolute Gasteiger partial charge is 0.196 e. The summed E-state index contributed by atoms with van der Waals surface area (Å²) in [6, 6.07) is 14.8. The van der Waals surface area contributed by atoms with Gasteiger partial charge >= 0.3 is 0 Å². The predicted octanol–water partition coefficient (Wildman–Crippen LogP) is 5.78. The molecule has 36 heavy (non-hydrogen) atoms. The van der Waals surface area contributed by atoms with Crippen LogP contribution in [-0.2, 0) is 0 Å². The molecule has 0 saturated carbocycles. The Labute approximate surface area is 208 Å². The Balaban J connectivity index is 1.49. The van der Waals surface area contributed by atoms with E-state index in [0.717, 1.165) is 43.1 Å². The van der Waals surface area contributed by atoms with Gasteiger partial charge in [0.15, 0.2) is 22.0 Å². The molecule has 1 fully saturated rings. The number of aromatic amines is 1. The number of aromatic nitrogens is 1. The minimum Gasteiger partial charge on any atom is -0.453 e. The Hall–Kier alpha value is -3.64. The first-order valence-electron chi connectivity index (χ1n) is 12.9. The van der Waals surface area contributed by atoms with E-state index in [1.54, 1.807) is 24.3 Å². The van der Waals surface area contributed by atoms with Crippen LogP contribution >= 0.6 is 0 Å². The van der Waals surface area contributed by atoms with Crippen LogP contribution in [0.25, 0.3) is 43.7 Å². The van der Waals surface area contributed by atoms with Gasteiger partial charge in [-0.1, -0.05) is 43.3 Å². The Kier molecular flexibility index (Phi) is 5.76. The van der Waals surface area contributed by atoms with Crippen LogP contribution in [0.2, 0.25) is 0 Å². The molecule has 1 atom stereocenters. The molecule has 1 aliphatic rings. The van der Waals surface area contributed by atoms with Gasteiger partial charge in [0.1, 0.15) is 0 Å². The highest BCUT2D eigenvalue weighted by Gasteiger charge is 2.20. The van der Waals surface area contributed by atoms with Gasteiger partial charge in [-0.3, -0.25) is 9.59 Å². The lowest BCUT2D eigenvalue weighted by atomic mass is 9.99. The maximum absolute atomic E-state index is 13.8. The normalized spacial score (nSPS) is 16.9. The maximum Gasteiger partial charge on any atom is 0.196 e. The fourth-order valence-electron chi connectivity index (χ4n) is 5.76. The SMILES string of the molecule is Cc1cccc2oc3cc(NCCCN4CCCC(C)C4)c4c(=O)c5ccccc5c(=O)c4c3[nH]c12. The number of nitrogens with one attached hydrogen (secondary N) is 2. The summed E-state index contributed by atoms with van der Waals surface area (Å²) < 4.78 is 6.28. The van der Waals surface area contributed by atoms with Crippen LogP contribution in [0.4, 0.5) is 5.69 Å². The average molecular weight is 482 g/mol. The molecule has 184 valence electrons. The fourth-order valence-corrected chi connectivity index (χ4v) is 5.76. The molecule has 0 radical (unpaired) electrons. The Morgan fingerprint density at radius 3 is 2.56 bits per heavy atom. The molecule has 0 spiro atoms. The van der Waals surface area contributed by atoms with Crippen LogP contribution < -0.4 is 16.2 Å². The number of anilines is 1. The number of para-hydroxylation sites is 1. The van der Waals surface area contributed by atoms with Crippen molar-refractivity contribution < 1.29 is 4.42 Å². The van der Waals surface area contributed by atoms with Crippen molar-refractivity contribution in [1.82, 2.24) is 9.88 Å². The van der Waals surface area contributed by atoms with Crippen molar-refractivity contribution in [3.63, 3.8) is 0 Å². The fraction of sp³-hybridized carbons (Fsp3) is 0.333. The molecular formula is C30H31N3O3. The molecule has 0 aliphatic carbocycles. The molecule has 4 aromatic carbocycles. The van der Waals surface area contributed by atoms with Crippen molar-refractivity contribution in [3.8, 4) is 0 Å². The lowest BCUT2D eigenvalue weighted by molar-refractivity contribution is 0.183. The molecule has 0 amide bonds. The van der Waals surface area contributed by atoms with Crippen LogP contribution in [-0.4, -0.2) is 36.1 Å². The molecule has 6 nitrogen and oxygen atoms in total. The van der Waals surface area contributed by atoms with Crippen molar-refractivity contribution in [3.05, 3.63) is 74.5 Å². The van der Waals surface area contributed by atoms with E-state index in [1.807, 2.05) is 31.2 Å². The van der Waals surface area contributed by atoms with E-state index in [2.05, 4.69) is 22.1 Å². The highest BCUT2D eigenvalue weighted by molar-refractivity contribution is 6.14. The van der Waals surface area contributed by atoms with Gasteiger partial charge < -0.3 is 19.6 Å². The summed E-state index contributed by atoms with van der Waals surface area (Å²) >= 11 is 0. The van der Waals surface area contributed by atoms with E-state index in [1.165, 1.54) is 12.8 Å². The third kappa shape index (κ3) is 3.86.